The fourth-order valence-electron chi connectivity index (χ4n) is 3.38. The molecule has 1 aromatic carbocycles. The maximum atomic E-state index is 12.8. The molecule has 130 valence electrons. The molecule has 1 fully saturated rings. The Hall–Kier alpha value is -2.64. The molecule has 1 amide bonds. The Labute approximate surface area is 144 Å². The second-order valence-electron chi connectivity index (χ2n) is 6.20. The molecule has 1 aliphatic rings. The van der Waals surface area contributed by atoms with Crippen molar-refractivity contribution in [3.8, 4) is 0 Å². The van der Waals surface area contributed by atoms with Gasteiger partial charge in [0.2, 0.25) is 0 Å². The van der Waals surface area contributed by atoms with Crippen LogP contribution in [0.4, 0.5) is 0 Å². The number of amides is 1. The van der Waals surface area contributed by atoms with Crippen LogP contribution in [0, 0.1) is 0 Å². The number of furan rings is 1. The van der Waals surface area contributed by atoms with E-state index in [1.807, 2.05) is 24.3 Å². The van der Waals surface area contributed by atoms with E-state index in [9.17, 15) is 9.90 Å². The molecular weight excluding hydrogens is 322 g/mol. The van der Waals surface area contributed by atoms with E-state index in [2.05, 4.69) is 10.4 Å². The fourth-order valence-corrected chi connectivity index (χ4v) is 3.38. The predicted molar refractivity (Wildman–Crippen MR) is 90.1 cm³/mol. The average Bonchev–Trinajstić information content (AvgIpc) is 3.23. The Morgan fingerprint density at radius 3 is 3.00 bits per heavy atom. The second-order valence-corrected chi connectivity index (χ2v) is 6.20. The summed E-state index contributed by atoms with van der Waals surface area (Å²) < 4.78 is 12.7. The Balaban J connectivity index is 1.59. The highest BCUT2D eigenvalue weighted by Gasteiger charge is 2.43. The molecule has 0 bridgehead atoms. The van der Waals surface area contributed by atoms with Crippen LogP contribution in [0.1, 0.15) is 28.6 Å². The first-order valence-corrected chi connectivity index (χ1v) is 8.16. The topological polar surface area (TPSA) is 89.5 Å². The monoisotopic (exact) mass is 341 g/mol. The van der Waals surface area contributed by atoms with Gasteiger partial charge < -0.3 is 19.6 Å². The van der Waals surface area contributed by atoms with Gasteiger partial charge in [0, 0.05) is 30.5 Å². The van der Waals surface area contributed by atoms with Crippen LogP contribution in [0.15, 0.2) is 47.1 Å². The first-order valence-electron chi connectivity index (χ1n) is 8.16. The molecule has 0 unspecified atom stereocenters. The number of fused-ring (bicyclic) bond motifs is 1. The molecule has 7 heteroatoms. The smallest absolute Gasteiger partial charge is 0.287 e. The van der Waals surface area contributed by atoms with Gasteiger partial charge in [0.15, 0.2) is 5.76 Å². The summed E-state index contributed by atoms with van der Waals surface area (Å²) in [5.41, 5.74) is 1.38. The van der Waals surface area contributed by atoms with E-state index < -0.39 is 6.10 Å². The lowest BCUT2D eigenvalue weighted by molar-refractivity contribution is -0.00627. The summed E-state index contributed by atoms with van der Waals surface area (Å²) in [6.45, 7) is 0.287. The molecule has 1 aliphatic carbocycles. The molecule has 2 aromatic heterocycles. The lowest BCUT2D eigenvalue weighted by Gasteiger charge is -2.41. The lowest BCUT2D eigenvalue weighted by atomic mass is 9.83. The number of rotatable bonds is 5. The van der Waals surface area contributed by atoms with Crippen molar-refractivity contribution in [1.82, 2.24) is 15.1 Å². The fraction of sp³-hybridized carbons (Fsp3) is 0.333. The van der Waals surface area contributed by atoms with Crippen LogP contribution < -0.4 is 5.32 Å². The van der Waals surface area contributed by atoms with Crippen molar-refractivity contribution in [2.24, 2.45) is 0 Å². The van der Waals surface area contributed by atoms with Crippen molar-refractivity contribution in [3.63, 3.8) is 0 Å². The van der Waals surface area contributed by atoms with Gasteiger partial charge in [-0.1, -0.05) is 18.2 Å². The number of benzene rings is 1. The second kappa shape index (κ2) is 6.34. The van der Waals surface area contributed by atoms with E-state index in [0.29, 0.717) is 12.0 Å². The zero-order chi connectivity index (χ0) is 17.4. The number of hydrogen-bond donors (Lipinski definition) is 2. The Morgan fingerprint density at radius 1 is 1.44 bits per heavy atom. The first-order chi connectivity index (χ1) is 12.2. The molecule has 2 N–H and O–H groups in total. The molecule has 0 aliphatic heterocycles. The minimum atomic E-state index is -0.528. The van der Waals surface area contributed by atoms with Crippen LogP contribution in [0.3, 0.4) is 0 Å². The van der Waals surface area contributed by atoms with Gasteiger partial charge in [-0.2, -0.15) is 5.10 Å². The molecule has 25 heavy (non-hydrogen) atoms. The van der Waals surface area contributed by atoms with Crippen LogP contribution in [0.2, 0.25) is 0 Å². The number of aliphatic hydroxyl groups is 1. The van der Waals surface area contributed by atoms with Gasteiger partial charge in [-0.25, -0.2) is 0 Å². The standard InChI is InChI=1S/C18H19N3O4/c1-24-10-12-11-5-2-3-6-15(11)25-17(12)18(23)20-13-9-14(22)16(13)21-8-4-7-19-21/h2-8,13-14,16,22H,9-10H2,1H3,(H,20,23)/t13-,14+,16+/m0/s1. The van der Waals surface area contributed by atoms with Crippen molar-refractivity contribution in [1.29, 1.82) is 0 Å². The van der Waals surface area contributed by atoms with E-state index in [1.54, 1.807) is 30.3 Å². The van der Waals surface area contributed by atoms with Gasteiger partial charge in [-0.3, -0.25) is 9.48 Å². The number of aliphatic hydroxyl groups excluding tert-OH is 1. The Morgan fingerprint density at radius 2 is 2.28 bits per heavy atom. The van der Waals surface area contributed by atoms with Gasteiger partial charge in [0.05, 0.1) is 24.8 Å². The molecule has 3 atom stereocenters. The lowest BCUT2D eigenvalue weighted by Crippen LogP contribution is -2.56. The van der Waals surface area contributed by atoms with Crippen molar-refractivity contribution in [2.75, 3.05) is 7.11 Å². The number of carbonyl (C=O) groups is 1. The van der Waals surface area contributed by atoms with Gasteiger partial charge in [0.25, 0.3) is 5.91 Å². The number of hydrogen-bond acceptors (Lipinski definition) is 5. The molecule has 0 spiro atoms. The molecule has 0 radical (unpaired) electrons. The van der Waals surface area contributed by atoms with Crippen LogP contribution in [-0.4, -0.2) is 40.0 Å². The SMILES string of the molecule is COCc1c(C(=O)N[C@H]2C[C@@H](O)[C@@H]2n2cccn2)oc2ccccc12. The highest BCUT2D eigenvalue weighted by Crippen LogP contribution is 2.33. The van der Waals surface area contributed by atoms with Crippen LogP contribution in [0.25, 0.3) is 11.0 Å². The van der Waals surface area contributed by atoms with E-state index >= 15 is 0 Å². The minimum absolute atomic E-state index is 0.203. The van der Waals surface area contributed by atoms with Gasteiger partial charge in [-0.15, -0.1) is 0 Å². The summed E-state index contributed by atoms with van der Waals surface area (Å²) in [5.74, 6) is -0.0547. The van der Waals surface area contributed by atoms with Crippen LogP contribution in [-0.2, 0) is 11.3 Å². The zero-order valence-electron chi connectivity index (χ0n) is 13.8. The highest BCUT2D eigenvalue weighted by molar-refractivity contribution is 5.99. The largest absolute Gasteiger partial charge is 0.451 e. The third kappa shape index (κ3) is 2.71. The third-order valence-electron chi connectivity index (χ3n) is 4.64. The van der Waals surface area contributed by atoms with E-state index in [0.717, 1.165) is 10.9 Å². The van der Waals surface area contributed by atoms with Crippen molar-refractivity contribution in [2.45, 2.75) is 31.2 Å². The highest BCUT2D eigenvalue weighted by atomic mass is 16.5. The van der Waals surface area contributed by atoms with E-state index in [4.69, 9.17) is 9.15 Å². The predicted octanol–water partition coefficient (Wildman–Crippen LogP) is 1.88. The van der Waals surface area contributed by atoms with Crippen molar-refractivity contribution >= 4 is 16.9 Å². The Kier molecular flexibility index (Phi) is 4.03. The summed E-state index contributed by atoms with van der Waals surface area (Å²) in [5, 5.41) is 18.0. The number of nitrogens with one attached hydrogen (secondary N) is 1. The summed E-state index contributed by atoms with van der Waals surface area (Å²) in [4.78, 5) is 12.8. The number of aromatic nitrogens is 2. The number of ether oxygens (including phenoxy) is 1. The summed E-state index contributed by atoms with van der Waals surface area (Å²) >= 11 is 0. The van der Waals surface area contributed by atoms with Crippen molar-refractivity contribution < 1.29 is 19.1 Å². The number of nitrogens with zero attached hydrogens (tertiary/aromatic N) is 2. The molecule has 0 saturated heterocycles. The van der Waals surface area contributed by atoms with Gasteiger partial charge in [0.1, 0.15) is 5.58 Å². The quantitative estimate of drug-likeness (QED) is 0.740. The minimum Gasteiger partial charge on any atom is -0.451 e. The van der Waals surface area contributed by atoms with Crippen LogP contribution in [0.5, 0.6) is 0 Å². The zero-order valence-corrected chi connectivity index (χ0v) is 13.8. The van der Waals surface area contributed by atoms with Gasteiger partial charge >= 0.3 is 0 Å². The molecule has 2 heterocycles. The average molecular weight is 341 g/mol. The molecule has 4 rings (SSSR count). The van der Waals surface area contributed by atoms with Crippen LogP contribution >= 0.6 is 0 Å². The number of carbonyl (C=O) groups excluding carboxylic acids is 1. The summed E-state index contributed by atoms with van der Waals surface area (Å²) in [6, 6.07) is 8.81. The normalized spacial score (nSPS) is 22.7. The number of para-hydroxylation sites is 1. The van der Waals surface area contributed by atoms with E-state index in [-0.39, 0.29) is 30.4 Å². The molecule has 7 nitrogen and oxygen atoms in total. The number of methoxy groups -OCH3 is 1. The maximum absolute atomic E-state index is 12.8. The Bertz CT molecular complexity index is 887. The molecule has 1 saturated carbocycles. The third-order valence-corrected chi connectivity index (χ3v) is 4.64. The molecule has 3 aromatic rings. The molecular formula is C18H19N3O4. The summed E-state index contributed by atoms with van der Waals surface area (Å²) in [7, 11) is 1.58. The van der Waals surface area contributed by atoms with E-state index in [1.165, 1.54) is 0 Å². The summed E-state index contributed by atoms with van der Waals surface area (Å²) in [6.07, 6.45) is 3.39. The van der Waals surface area contributed by atoms with Gasteiger partial charge in [-0.05, 0) is 18.6 Å². The maximum Gasteiger partial charge on any atom is 0.287 e. The van der Waals surface area contributed by atoms with Crippen molar-refractivity contribution in [3.05, 3.63) is 54.0 Å². The first kappa shape index (κ1) is 15.9.